The summed E-state index contributed by atoms with van der Waals surface area (Å²) >= 11 is 0. The molecule has 4 nitrogen and oxygen atoms in total. The van der Waals surface area contributed by atoms with Gasteiger partial charge in [-0.05, 0) is 6.07 Å². The summed E-state index contributed by atoms with van der Waals surface area (Å²) in [5.41, 5.74) is 1.19. The predicted molar refractivity (Wildman–Crippen MR) is 67.8 cm³/mol. The zero-order chi connectivity index (χ0) is 13.7. The topological polar surface area (TPSA) is 39.1 Å². The Labute approximate surface area is 110 Å². The van der Waals surface area contributed by atoms with Gasteiger partial charge in [0.05, 0.1) is 25.0 Å². The number of ether oxygens (including phenoxy) is 1. The lowest BCUT2D eigenvalue weighted by Gasteiger charge is -2.05. The minimum absolute atomic E-state index is 0.280. The van der Waals surface area contributed by atoms with Gasteiger partial charge in [0.1, 0.15) is 11.6 Å². The Bertz CT molecular complexity index is 542. The fourth-order valence-corrected chi connectivity index (χ4v) is 1.62. The van der Waals surface area contributed by atoms with Crippen LogP contribution in [0.1, 0.15) is 5.56 Å². The van der Waals surface area contributed by atoms with Gasteiger partial charge >= 0.3 is 0 Å². The molecule has 0 aliphatic carbocycles. The van der Waals surface area contributed by atoms with Crippen LogP contribution in [0.5, 0.6) is 0 Å². The first-order valence-electron chi connectivity index (χ1n) is 5.88. The molecule has 102 valence electrons. The highest BCUT2D eigenvalue weighted by molar-refractivity contribution is 5.39. The zero-order valence-electron chi connectivity index (χ0n) is 10.6. The highest BCUT2D eigenvalue weighted by atomic mass is 19.1. The van der Waals surface area contributed by atoms with Crippen LogP contribution in [0.15, 0.2) is 30.6 Å². The van der Waals surface area contributed by atoms with Crippen LogP contribution in [0.25, 0.3) is 0 Å². The van der Waals surface area contributed by atoms with E-state index in [9.17, 15) is 8.78 Å². The van der Waals surface area contributed by atoms with Gasteiger partial charge in [-0.2, -0.15) is 5.10 Å². The summed E-state index contributed by atoms with van der Waals surface area (Å²) in [4.78, 5) is 0. The summed E-state index contributed by atoms with van der Waals surface area (Å²) in [5.74, 6) is -1.13. The molecule has 1 N–H and O–H groups in total. The Balaban J connectivity index is 1.92. The lowest BCUT2D eigenvalue weighted by Crippen LogP contribution is -2.04. The molecule has 0 bridgehead atoms. The molecule has 0 fully saturated rings. The number of hydrogen-bond acceptors (Lipinski definition) is 3. The number of nitrogens with one attached hydrogen (secondary N) is 1. The van der Waals surface area contributed by atoms with Crippen molar-refractivity contribution in [3.8, 4) is 0 Å². The van der Waals surface area contributed by atoms with Crippen molar-refractivity contribution >= 4 is 5.69 Å². The molecule has 0 amide bonds. The molecule has 0 saturated heterocycles. The van der Waals surface area contributed by atoms with Gasteiger partial charge in [0.2, 0.25) is 0 Å². The van der Waals surface area contributed by atoms with Crippen LogP contribution in [0.4, 0.5) is 14.5 Å². The quantitative estimate of drug-likeness (QED) is 0.873. The molecule has 19 heavy (non-hydrogen) atoms. The fourth-order valence-electron chi connectivity index (χ4n) is 1.62. The summed E-state index contributed by atoms with van der Waals surface area (Å²) < 4.78 is 32.8. The summed E-state index contributed by atoms with van der Waals surface area (Å²) in [6.45, 7) is 1.51. The second-order valence-electron chi connectivity index (χ2n) is 4.07. The number of aromatic nitrogens is 2. The van der Waals surface area contributed by atoms with Crippen LogP contribution in [-0.2, 0) is 17.8 Å². The van der Waals surface area contributed by atoms with Gasteiger partial charge in [0.15, 0.2) is 0 Å². The molecule has 2 aromatic rings. The SMILES string of the molecule is COCCn1cc(NCc2ccc(F)cc2F)cn1. The zero-order valence-corrected chi connectivity index (χ0v) is 10.6. The number of nitrogens with zero attached hydrogens (tertiary/aromatic N) is 2. The van der Waals surface area contributed by atoms with E-state index in [0.717, 1.165) is 11.8 Å². The van der Waals surface area contributed by atoms with E-state index in [1.54, 1.807) is 24.2 Å². The highest BCUT2D eigenvalue weighted by Crippen LogP contribution is 2.12. The standard InChI is InChI=1S/C13H15F2N3O/c1-19-5-4-18-9-12(8-17-18)16-7-10-2-3-11(14)6-13(10)15/h2-3,6,8-9,16H,4-5,7H2,1H3. The van der Waals surface area contributed by atoms with E-state index >= 15 is 0 Å². The van der Waals surface area contributed by atoms with Crippen LogP contribution in [0.2, 0.25) is 0 Å². The van der Waals surface area contributed by atoms with Crippen molar-refractivity contribution in [3.05, 3.63) is 47.8 Å². The Morgan fingerprint density at radius 1 is 1.37 bits per heavy atom. The first-order chi connectivity index (χ1) is 9.19. The lowest BCUT2D eigenvalue weighted by molar-refractivity contribution is 0.183. The molecule has 0 spiro atoms. The Morgan fingerprint density at radius 3 is 2.95 bits per heavy atom. The summed E-state index contributed by atoms with van der Waals surface area (Å²) in [6, 6.07) is 3.54. The third-order valence-electron chi connectivity index (χ3n) is 2.66. The number of benzene rings is 1. The first kappa shape index (κ1) is 13.5. The Morgan fingerprint density at radius 2 is 2.21 bits per heavy atom. The average Bonchev–Trinajstić information content (AvgIpc) is 2.83. The molecule has 1 aromatic carbocycles. The van der Waals surface area contributed by atoms with E-state index in [1.165, 1.54) is 12.1 Å². The largest absolute Gasteiger partial charge is 0.383 e. The van der Waals surface area contributed by atoms with Crippen molar-refractivity contribution in [1.29, 1.82) is 0 Å². The molecule has 0 radical (unpaired) electrons. The number of halogens is 2. The van der Waals surface area contributed by atoms with E-state index < -0.39 is 11.6 Å². The third kappa shape index (κ3) is 3.75. The van der Waals surface area contributed by atoms with Gasteiger partial charge in [0, 0.05) is 31.5 Å². The molecule has 0 atom stereocenters. The van der Waals surface area contributed by atoms with E-state index in [1.807, 2.05) is 0 Å². The van der Waals surface area contributed by atoms with Crippen LogP contribution >= 0.6 is 0 Å². The molecular formula is C13H15F2N3O. The summed E-state index contributed by atoms with van der Waals surface area (Å²) in [6.07, 6.45) is 3.46. The van der Waals surface area contributed by atoms with Gasteiger partial charge < -0.3 is 10.1 Å². The maximum Gasteiger partial charge on any atom is 0.131 e. The lowest BCUT2D eigenvalue weighted by atomic mass is 10.2. The highest BCUT2D eigenvalue weighted by Gasteiger charge is 2.04. The normalized spacial score (nSPS) is 10.7. The molecule has 1 aromatic heterocycles. The van der Waals surface area contributed by atoms with Crippen LogP contribution < -0.4 is 5.32 Å². The Hall–Kier alpha value is -1.95. The van der Waals surface area contributed by atoms with Crippen molar-refractivity contribution in [2.45, 2.75) is 13.1 Å². The molecular weight excluding hydrogens is 252 g/mol. The van der Waals surface area contributed by atoms with Crippen molar-refractivity contribution < 1.29 is 13.5 Å². The number of anilines is 1. The fraction of sp³-hybridized carbons (Fsp3) is 0.308. The van der Waals surface area contributed by atoms with Crippen molar-refractivity contribution in [1.82, 2.24) is 9.78 Å². The van der Waals surface area contributed by atoms with Crippen molar-refractivity contribution in [2.24, 2.45) is 0 Å². The summed E-state index contributed by atoms with van der Waals surface area (Å²) in [7, 11) is 1.62. The first-order valence-corrected chi connectivity index (χ1v) is 5.88. The van der Waals surface area contributed by atoms with E-state index in [2.05, 4.69) is 10.4 Å². The van der Waals surface area contributed by atoms with Crippen molar-refractivity contribution in [2.75, 3.05) is 19.0 Å². The monoisotopic (exact) mass is 267 g/mol. The smallest absolute Gasteiger partial charge is 0.131 e. The second kappa shape index (κ2) is 6.29. The second-order valence-corrected chi connectivity index (χ2v) is 4.07. The number of methoxy groups -OCH3 is 1. The molecule has 0 aliphatic heterocycles. The predicted octanol–water partition coefficient (Wildman–Crippen LogP) is 2.42. The van der Waals surface area contributed by atoms with E-state index in [-0.39, 0.29) is 6.54 Å². The molecule has 2 rings (SSSR count). The number of hydrogen-bond donors (Lipinski definition) is 1. The van der Waals surface area contributed by atoms with E-state index in [4.69, 9.17) is 4.74 Å². The minimum atomic E-state index is -0.575. The van der Waals surface area contributed by atoms with Gasteiger partial charge in [-0.25, -0.2) is 8.78 Å². The maximum atomic E-state index is 13.4. The molecule has 6 heteroatoms. The third-order valence-corrected chi connectivity index (χ3v) is 2.66. The van der Waals surface area contributed by atoms with Crippen LogP contribution in [0, 0.1) is 11.6 Å². The summed E-state index contributed by atoms with van der Waals surface area (Å²) in [5, 5.41) is 7.15. The average molecular weight is 267 g/mol. The van der Waals surface area contributed by atoms with Gasteiger partial charge in [-0.3, -0.25) is 4.68 Å². The van der Waals surface area contributed by atoms with Gasteiger partial charge in [0.25, 0.3) is 0 Å². The van der Waals surface area contributed by atoms with E-state index in [0.29, 0.717) is 18.7 Å². The van der Waals surface area contributed by atoms with Crippen LogP contribution in [-0.4, -0.2) is 23.5 Å². The van der Waals surface area contributed by atoms with Crippen LogP contribution in [0.3, 0.4) is 0 Å². The van der Waals surface area contributed by atoms with Gasteiger partial charge in [-0.1, -0.05) is 6.07 Å². The molecule has 1 heterocycles. The minimum Gasteiger partial charge on any atom is -0.383 e. The Kier molecular flexibility index (Phi) is 4.46. The molecule has 0 saturated carbocycles. The maximum absolute atomic E-state index is 13.4. The molecule has 0 aliphatic rings. The van der Waals surface area contributed by atoms with Crippen molar-refractivity contribution in [3.63, 3.8) is 0 Å². The number of rotatable bonds is 6. The molecule has 0 unspecified atom stereocenters. The van der Waals surface area contributed by atoms with Gasteiger partial charge in [-0.15, -0.1) is 0 Å².